The number of sulfonamides is 1. The maximum absolute atomic E-state index is 12.9. The molecule has 4 aromatic rings. The molecule has 4 rings (SSSR count). The van der Waals surface area contributed by atoms with Crippen LogP contribution in [0.15, 0.2) is 90.3 Å². The van der Waals surface area contributed by atoms with Gasteiger partial charge in [-0.1, -0.05) is 30.3 Å². The number of carbonyl (C=O) groups is 2. The van der Waals surface area contributed by atoms with E-state index in [0.717, 1.165) is 33.8 Å². The van der Waals surface area contributed by atoms with E-state index >= 15 is 0 Å². The topological polar surface area (TPSA) is 104 Å². The van der Waals surface area contributed by atoms with Crippen LogP contribution in [0, 0.1) is 13.8 Å². The first-order chi connectivity index (χ1) is 18.7. The summed E-state index contributed by atoms with van der Waals surface area (Å²) in [7, 11) is -2.15. The third-order valence-corrected chi connectivity index (χ3v) is 7.03. The van der Waals surface area contributed by atoms with E-state index in [1.165, 1.54) is 30.3 Å². The van der Waals surface area contributed by atoms with Crippen LogP contribution < -0.4 is 9.46 Å². The summed E-state index contributed by atoms with van der Waals surface area (Å²) < 4.78 is 39.5. The average Bonchev–Trinajstić information content (AvgIpc) is 3.24. The highest BCUT2D eigenvalue weighted by Crippen LogP contribution is 2.23. The first-order valence-electron chi connectivity index (χ1n) is 12.1. The average molecular weight is 545 g/mol. The van der Waals surface area contributed by atoms with Crippen LogP contribution in [-0.4, -0.2) is 38.5 Å². The molecule has 39 heavy (non-hydrogen) atoms. The van der Waals surface area contributed by atoms with Crippen LogP contribution in [0.3, 0.4) is 0 Å². The summed E-state index contributed by atoms with van der Waals surface area (Å²) in [6.45, 7) is 3.30. The number of esters is 1. The number of hydrogen-bond donors (Lipinski definition) is 1. The first kappa shape index (κ1) is 27.4. The SMILES string of the molecule is COc1ccc(-n2c(C)cc(C(=O)COC(=O)c3ccc(NS(=O)(=O)C=Cc4ccccc4)cc3)c2C)cc1. The third kappa shape index (κ3) is 6.82. The minimum absolute atomic E-state index is 0.189. The zero-order chi connectivity index (χ0) is 28.0. The van der Waals surface area contributed by atoms with Crippen LogP contribution in [0.1, 0.15) is 37.7 Å². The molecule has 0 amide bonds. The van der Waals surface area contributed by atoms with Crippen LogP contribution in [0.4, 0.5) is 5.69 Å². The van der Waals surface area contributed by atoms with Gasteiger partial charge in [0.15, 0.2) is 6.61 Å². The maximum atomic E-state index is 12.9. The number of ketones is 1. The highest BCUT2D eigenvalue weighted by molar-refractivity contribution is 7.95. The number of rotatable bonds is 10. The van der Waals surface area contributed by atoms with Crippen molar-refractivity contribution >= 4 is 33.5 Å². The highest BCUT2D eigenvalue weighted by atomic mass is 32.2. The smallest absolute Gasteiger partial charge is 0.338 e. The molecule has 0 saturated heterocycles. The van der Waals surface area contributed by atoms with Gasteiger partial charge in [-0.2, -0.15) is 0 Å². The Balaban J connectivity index is 1.36. The second-order valence-electron chi connectivity index (χ2n) is 8.76. The molecule has 200 valence electrons. The fourth-order valence-electron chi connectivity index (χ4n) is 4.07. The van der Waals surface area contributed by atoms with Crippen molar-refractivity contribution in [1.82, 2.24) is 4.57 Å². The molecular formula is C30H28N2O6S. The van der Waals surface area contributed by atoms with E-state index in [4.69, 9.17) is 9.47 Å². The molecule has 1 heterocycles. The molecule has 0 aliphatic carbocycles. The molecule has 0 spiro atoms. The fourth-order valence-corrected chi connectivity index (χ4v) is 4.94. The van der Waals surface area contributed by atoms with Crippen molar-refractivity contribution in [2.24, 2.45) is 0 Å². The van der Waals surface area contributed by atoms with E-state index < -0.39 is 22.6 Å². The molecule has 0 aliphatic heterocycles. The van der Waals surface area contributed by atoms with Gasteiger partial charge >= 0.3 is 5.97 Å². The molecule has 3 aromatic carbocycles. The summed E-state index contributed by atoms with van der Waals surface area (Å²) in [5.74, 6) is -0.286. The van der Waals surface area contributed by atoms with E-state index in [2.05, 4.69) is 4.72 Å². The fraction of sp³-hybridized carbons (Fsp3) is 0.133. The van der Waals surface area contributed by atoms with Crippen molar-refractivity contribution < 1.29 is 27.5 Å². The van der Waals surface area contributed by atoms with Crippen LogP contribution >= 0.6 is 0 Å². The Labute approximate surface area is 227 Å². The monoisotopic (exact) mass is 544 g/mol. The zero-order valence-corrected chi connectivity index (χ0v) is 22.6. The summed E-state index contributed by atoms with van der Waals surface area (Å²) in [6, 6.07) is 24.1. The van der Waals surface area contributed by atoms with Crippen LogP contribution in [0.2, 0.25) is 0 Å². The number of aryl methyl sites for hydroxylation is 1. The molecule has 0 aliphatic rings. The lowest BCUT2D eigenvalue weighted by molar-refractivity contribution is 0.0474. The molecule has 0 atom stereocenters. The predicted molar refractivity (Wildman–Crippen MR) is 151 cm³/mol. The van der Waals surface area contributed by atoms with E-state index in [0.29, 0.717) is 5.56 Å². The van der Waals surface area contributed by atoms with Crippen molar-refractivity contribution in [1.29, 1.82) is 0 Å². The van der Waals surface area contributed by atoms with E-state index in [9.17, 15) is 18.0 Å². The van der Waals surface area contributed by atoms with Crippen LogP contribution in [0.25, 0.3) is 11.8 Å². The second kappa shape index (κ2) is 11.8. The number of benzene rings is 3. The second-order valence-corrected chi connectivity index (χ2v) is 10.3. The number of aromatic nitrogens is 1. The highest BCUT2D eigenvalue weighted by Gasteiger charge is 2.19. The van der Waals surface area contributed by atoms with E-state index in [1.54, 1.807) is 25.3 Å². The largest absolute Gasteiger partial charge is 0.497 e. The van der Waals surface area contributed by atoms with Gasteiger partial charge in [0.05, 0.1) is 18.1 Å². The Morgan fingerprint density at radius 2 is 1.59 bits per heavy atom. The zero-order valence-electron chi connectivity index (χ0n) is 21.7. The maximum Gasteiger partial charge on any atom is 0.338 e. The van der Waals surface area contributed by atoms with Gasteiger partial charge in [0, 0.05) is 28.3 Å². The Hall–Kier alpha value is -4.63. The van der Waals surface area contributed by atoms with E-state index in [-0.39, 0.29) is 17.0 Å². The Kier molecular flexibility index (Phi) is 8.31. The normalized spacial score (nSPS) is 11.4. The molecular weight excluding hydrogens is 516 g/mol. The van der Waals surface area contributed by atoms with Crippen molar-refractivity contribution in [3.05, 3.63) is 118 Å². The molecule has 0 bridgehead atoms. The number of ether oxygens (including phenoxy) is 2. The number of nitrogens with zero attached hydrogens (tertiary/aromatic N) is 1. The molecule has 1 aromatic heterocycles. The number of nitrogens with one attached hydrogen (secondary N) is 1. The molecule has 0 unspecified atom stereocenters. The Morgan fingerprint density at radius 3 is 2.23 bits per heavy atom. The van der Waals surface area contributed by atoms with Gasteiger partial charge in [-0.15, -0.1) is 0 Å². The molecule has 8 nitrogen and oxygen atoms in total. The lowest BCUT2D eigenvalue weighted by Crippen LogP contribution is -2.15. The minimum Gasteiger partial charge on any atom is -0.497 e. The number of anilines is 1. The van der Waals surface area contributed by atoms with Crippen LogP contribution in [-0.2, 0) is 14.8 Å². The summed E-state index contributed by atoms with van der Waals surface area (Å²) in [4.78, 5) is 25.4. The van der Waals surface area contributed by atoms with Crippen molar-refractivity contribution in [2.75, 3.05) is 18.4 Å². The van der Waals surface area contributed by atoms with Gasteiger partial charge in [0.25, 0.3) is 10.0 Å². The molecule has 9 heteroatoms. The van der Waals surface area contributed by atoms with Gasteiger partial charge in [-0.25, -0.2) is 13.2 Å². The third-order valence-electron chi connectivity index (χ3n) is 6.02. The Morgan fingerprint density at radius 1 is 0.923 bits per heavy atom. The summed E-state index contributed by atoms with van der Waals surface area (Å²) in [6.07, 6.45) is 1.49. The molecule has 0 fully saturated rings. The van der Waals surface area contributed by atoms with Crippen molar-refractivity contribution in [3.63, 3.8) is 0 Å². The van der Waals surface area contributed by atoms with Crippen molar-refractivity contribution in [2.45, 2.75) is 13.8 Å². The number of Topliss-reactive ketones (excluding diaryl/α,β-unsaturated/α-hetero) is 1. The van der Waals surface area contributed by atoms with Gasteiger partial charge in [0.1, 0.15) is 5.75 Å². The van der Waals surface area contributed by atoms with Crippen molar-refractivity contribution in [3.8, 4) is 11.4 Å². The first-order valence-corrected chi connectivity index (χ1v) is 13.6. The van der Waals surface area contributed by atoms with Gasteiger partial charge in [0.2, 0.25) is 5.78 Å². The molecule has 1 N–H and O–H groups in total. The van der Waals surface area contributed by atoms with E-state index in [1.807, 2.05) is 60.9 Å². The molecule has 0 saturated carbocycles. The summed E-state index contributed by atoms with van der Waals surface area (Å²) in [5, 5.41) is 1.07. The van der Waals surface area contributed by atoms with Gasteiger partial charge < -0.3 is 14.0 Å². The molecule has 0 radical (unpaired) electrons. The summed E-state index contributed by atoms with van der Waals surface area (Å²) in [5.41, 5.74) is 4.16. The standard InChI is InChI=1S/C30H28N2O6S/c1-21-19-28(22(2)32(21)26-13-15-27(37-3)16-14-26)29(33)20-38-30(34)24-9-11-25(12-10-24)31-39(35,36)18-17-23-7-5-4-6-8-23/h4-19,31H,20H2,1-3H3. The van der Waals surface area contributed by atoms with Gasteiger partial charge in [-0.05, 0) is 80.1 Å². The predicted octanol–water partition coefficient (Wildman–Crippen LogP) is 5.56. The minimum atomic E-state index is -3.75. The quantitative estimate of drug-likeness (QED) is 0.207. The van der Waals surface area contributed by atoms with Gasteiger partial charge in [-0.3, -0.25) is 9.52 Å². The van der Waals surface area contributed by atoms with Crippen LogP contribution in [0.5, 0.6) is 5.75 Å². The summed E-state index contributed by atoms with van der Waals surface area (Å²) >= 11 is 0. The lowest BCUT2D eigenvalue weighted by atomic mass is 10.1. The number of methoxy groups -OCH3 is 1. The lowest BCUT2D eigenvalue weighted by Gasteiger charge is -2.11. The number of hydrogen-bond acceptors (Lipinski definition) is 6. The Bertz CT molecular complexity index is 1600. The number of carbonyl (C=O) groups excluding carboxylic acids is 2.